The predicted octanol–water partition coefficient (Wildman–Crippen LogP) is 25.6. The van der Waals surface area contributed by atoms with Crippen LogP contribution >= 0.6 is 0 Å². The van der Waals surface area contributed by atoms with Crippen LogP contribution < -0.4 is 0 Å². The lowest BCUT2D eigenvalue weighted by Gasteiger charge is -2.60. The molecular weight excluding hydrogens is 1430 g/mol. The van der Waals surface area contributed by atoms with Crippen LogP contribution in [0.1, 0.15) is 424 Å². The molecule has 1 aliphatic heterocycles. The zero-order valence-electron chi connectivity index (χ0n) is 68.4. The molecule has 0 radical (unpaired) electrons. The minimum absolute atomic E-state index is 0. The maximum Gasteiger partial charge on any atom is 0.347 e. The third kappa shape index (κ3) is 24.3. The number of rotatable bonds is 22. The summed E-state index contributed by atoms with van der Waals surface area (Å²) in [7, 11) is 0. The Bertz CT molecular complexity index is 2920. The minimum Gasteiger partial charge on any atom is -0.463 e. The largest absolute Gasteiger partial charge is 0.463 e. The van der Waals surface area contributed by atoms with Gasteiger partial charge in [-0.3, -0.25) is 28.8 Å². The molecule has 17 aliphatic carbocycles. The molecule has 672 valence electrons. The Morgan fingerprint density at radius 1 is 0.447 bits per heavy atom. The highest BCUT2D eigenvalue weighted by atomic mass is 16.7. The van der Waals surface area contributed by atoms with E-state index in [1.165, 1.54) is 96.3 Å². The molecular formula is C98H184O16. The number of hydrogen-bond acceptors (Lipinski definition) is 16. The van der Waals surface area contributed by atoms with Crippen molar-refractivity contribution in [3.05, 3.63) is 0 Å². The number of aliphatic hydroxyl groups is 1. The summed E-state index contributed by atoms with van der Waals surface area (Å²) < 4.78 is 46.3. The van der Waals surface area contributed by atoms with Crippen molar-refractivity contribution in [2.24, 2.45) is 109 Å². The average molecular weight is 1620 g/mol. The molecule has 18 fully saturated rings. The first-order valence-electron chi connectivity index (χ1n) is 42.5. The Morgan fingerprint density at radius 3 is 1.25 bits per heavy atom. The SMILES string of the molecule is C.C.C.C.C.C.C.C.C.C.CCC(C)(C)C(=O)OC1(CC)C2CC3CC(C2)CC1C3.CCC(C)(C)C(=O)OC12CC3CC(CC(O)(C3)C1)C2.CCC(C)(C)C(=O)OC1C2CC3CC1CC(C(=O)OC(C)OCC14CC5CC(CC(C5)C1)C4)(C3)C2.CCC(C)(C)C(=O)OC1CCOC1=O.CCC1(OC(=O)C(C)(C)CC)CCCCC1. The highest BCUT2D eigenvalue weighted by molar-refractivity contribution is 5.83. The molecule has 0 spiro atoms. The van der Waals surface area contributed by atoms with Crippen LogP contribution in [0.3, 0.4) is 0 Å². The van der Waals surface area contributed by atoms with Crippen LogP contribution in [0.25, 0.3) is 0 Å². The van der Waals surface area contributed by atoms with Gasteiger partial charge in [0.1, 0.15) is 22.9 Å². The third-order valence-electron chi connectivity index (χ3n) is 30.6. The highest BCUT2D eigenvalue weighted by Gasteiger charge is 2.64. The van der Waals surface area contributed by atoms with Crippen LogP contribution in [-0.2, 0) is 71.5 Å². The monoisotopic (exact) mass is 1620 g/mol. The molecule has 17 saturated carbocycles. The molecule has 6 unspecified atom stereocenters. The highest BCUT2D eigenvalue weighted by Crippen LogP contribution is 2.65. The Balaban J connectivity index is 0.00000143. The zero-order chi connectivity index (χ0) is 76.0. The number of cyclic esters (lactones) is 1. The summed E-state index contributed by atoms with van der Waals surface area (Å²) in [6.45, 7) is 36.9. The standard InChI is InChI=1S/C30H46O5.C18H30O2.C16H26O3.C14H26O2.C10H16O4.10CH4/c1-5-28(3,4)26(31)35-25-23-9-22-10-24(25)16-30(14-22,15-23)27(32)34-18(2)33-17-29-11-19-6-20(12-29)8-21(7-19)13-29;1-5-17(3,4)16(19)20-18(6-2)14-8-12-7-13(10-14)11-15(18)9-12;1-4-14(2,3)13(17)19-16-8-11-5-12(9-16)7-15(18,6-11)10-16;1-5-13(3,4)12(15)16-14(6-2)10-8-7-9-11-14;1-4-10(2,3)9(12)14-7-5-6-13-8(7)11;;;;;;;;;;/h18-25H,5-17H2,1-4H3;12-15H,5-11H2,1-4H3;11-12,18H,4-10H2,1-3H3;5-11H2,1-4H3;7H,4-6H2,1-3H3;10*1H4. The van der Waals surface area contributed by atoms with Gasteiger partial charge in [-0.2, -0.15) is 0 Å². The molecule has 18 rings (SSSR count). The molecule has 0 aromatic heterocycles. The van der Waals surface area contributed by atoms with E-state index in [1.54, 1.807) is 13.8 Å². The maximum atomic E-state index is 13.6. The summed E-state index contributed by atoms with van der Waals surface area (Å²) in [6, 6.07) is 0. The van der Waals surface area contributed by atoms with Crippen molar-refractivity contribution in [2.75, 3.05) is 13.2 Å². The molecule has 16 bridgehead atoms. The molecule has 18 aliphatic rings. The lowest BCUT2D eigenvalue weighted by molar-refractivity contribution is -0.225. The third-order valence-corrected chi connectivity index (χ3v) is 30.6. The van der Waals surface area contributed by atoms with Crippen LogP contribution in [0.15, 0.2) is 0 Å². The van der Waals surface area contributed by atoms with Crippen LogP contribution in [0.4, 0.5) is 0 Å². The molecule has 1 saturated heterocycles. The van der Waals surface area contributed by atoms with Crippen molar-refractivity contribution in [3.63, 3.8) is 0 Å². The van der Waals surface area contributed by atoms with E-state index in [-0.39, 0.29) is 156 Å². The second-order valence-corrected chi connectivity index (χ2v) is 40.6. The molecule has 0 amide bonds. The number of esters is 7. The van der Waals surface area contributed by atoms with Gasteiger partial charge in [0.15, 0.2) is 6.29 Å². The van der Waals surface area contributed by atoms with E-state index in [2.05, 4.69) is 20.8 Å². The summed E-state index contributed by atoms with van der Waals surface area (Å²) in [4.78, 5) is 86.1. The molecule has 6 atom stereocenters. The minimum atomic E-state index is -0.687. The summed E-state index contributed by atoms with van der Waals surface area (Å²) in [5.41, 5.74) is -3.32. The van der Waals surface area contributed by atoms with E-state index in [1.807, 2.05) is 90.0 Å². The van der Waals surface area contributed by atoms with Gasteiger partial charge in [-0.25, -0.2) is 4.79 Å². The van der Waals surface area contributed by atoms with Gasteiger partial charge in [0.05, 0.1) is 51.3 Å². The van der Waals surface area contributed by atoms with Crippen LogP contribution in [0.2, 0.25) is 0 Å². The van der Waals surface area contributed by atoms with Gasteiger partial charge >= 0.3 is 41.8 Å². The number of carbonyl (C=O) groups excluding carboxylic acids is 7. The van der Waals surface area contributed by atoms with Crippen LogP contribution in [0, 0.1) is 109 Å². The molecule has 1 heterocycles. The van der Waals surface area contributed by atoms with Crippen molar-refractivity contribution >= 4 is 41.8 Å². The molecule has 0 aromatic rings. The second-order valence-electron chi connectivity index (χ2n) is 40.6. The number of carbonyl (C=O) groups is 7. The lowest BCUT2D eigenvalue weighted by atomic mass is 9.48. The Kier molecular flexibility index (Phi) is 41.2. The number of hydrogen-bond donors (Lipinski definition) is 1. The van der Waals surface area contributed by atoms with E-state index in [9.17, 15) is 38.7 Å². The first kappa shape index (κ1) is 110. The summed E-state index contributed by atoms with van der Waals surface area (Å²) in [5.74, 6) is 7.12. The van der Waals surface area contributed by atoms with Gasteiger partial charge in [0, 0.05) is 12.8 Å². The van der Waals surface area contributed by atoms with Gasteiger partial charge in [-0.1, -0.05) is 129 Å². The van der Waals surface area contributed by atoms with Crippen molar-refractivity contribution in [3.8, 4) is 0 Å². The first-order valence-corrected chi connectivity index (χ1v) is 42.5. The quantitative estimate of drug-likeness (QED) is 0.0606. The first-order chi connectivity index (χ1) is 48.7. The summed E-state index contributed by atoms with van der Waals surface area (Å²) in [6.07, 6.45) is 36.2. The normalized spacial score (nSPS) is 34.6. The average Bonchev–Trinajstić information content (AvgIpc) is 0.793. The summed E-state index contributed by atoms with van der Waals surface area (Å²) >= 11 is 0. The Morgan fingerprint density at radius 2 is 0.842 bits per heavy atom. The molecule has 0 aromatic carbocycles. The van der Waals surface area contributed by atoms with Gasteiger partial charge in [0.2, 0.25) is 6.10 Å². The van der Waals surface area contributed by atoms with Crippen molar-refractivity contribution in [2.45, 2.75) is 465 Å². The maximum absolute atomic E-state index is 13.6. The molecule has 16 nitrogen and oxygen atoms in total. The molecule has 1 N–H and O–H groups in total. The lowest BCUT2D eigenvalue weighted by Crippen LogP contribution is -2.61. The molecule has 16 heteroatoms. The second kappa shape index (κ2) is 42.6. The fraction of sp³-hybridized carbons (Fsp3) is 0.929. The fourth-order valence-corrected chi connectivity index (χ4v) is 23.1. The van der Waals surface area contributed by atoms with E-state index in [4.69, 9.17) is 37.9 Å². The fourth-order valence-electron chi connectivity index (χ4n) is 23.1. The van der Waals surface area contributed by atoms with Crippen LogP contribution in [-0.4, -0.2) is 101 Å². The Labute approximate surface area is 701 Å². The van der Waals surface area contributed by atoms with E-state index < -0.39 is 45.6 Å². The van der Waals surface area contributed by atoms with E-state index in [0.717, 1.165) is 145 Å². The summed E-state index contributed by atoms with van der Waals surface area (Å²) in [5, 5.41) is 10.6. The zero-order valence-corrected chi connectivity index (χ0v) is 68.4. The number of ether oxygens (including phenoxy) is 8. The topological polar surface area (TPSA) is 214 Å². The van der Waals surface area contributed by atoms with Crippen molar-refractivity contribution in [1.82, 2.24) is 0 Å². The Hall–Kier alpha value is -3.79. The molecule has 114 heavy (non-hydrogen) atoms. The van der Waals surface area contributed by atoms with Crippen molar-refractivity contribution < 1.29 is 76.6 Å². The predicted molar refractivity (Wildman–Crippen MR) is 468 cm³/mol. The smallest absolute Gasteiger partial charge is 0.347 e. The van der Waals surface area contributed by atoms with Crippen LogP contribution in [0.5, 0.6) is 0 Å². The van der Waals surface area contributed by atoms with Gasteiger partial charge < -0.3 is 43.0 Å². The van der Waals surface area contributed by atoms with Crippen molar-refractivity contribution in [1.29, 1.82) is 0 Å². The van der Waals surface area contributed by atoms with Gasteiger partial charge in [-0.15, -0.1) is 0 Å². The van der Waals surface area contributed by atoms with E-state index >= 15 is 0 Å². The van der Waals surface area contributed by atoms with E-state index in [0.29, 0.717) is 60.9 Å². The van der Waals surface area contributed by atoms with Gasteiger partial charge in [-0.05, 0) is 358 Å². The van der Waals surface area contributed by atoms with Gasteiger partial charge in [0.25, 0.3) is 0 Å².